The molecule has 0 unspecified atom stereocenters. The van der Waals surface area contributed by atoms with Gasteiger partial charge in [-0.15, -0.1) is 0 Å². The summed E-state index contributed by atoms with van der Waals surface area (Å²) in [6, 6.07) is 9.71. The van der Waals surface area contributed by atoms with E-state index in [1.54, 1.807) is 0 Å². The van der Waals surface area contributed by atoms with Crippen molar-refractivity contribution in [2.45, 2.75) is 45.6 Å². The molecule has 1 aromatic carbocycles. The quantitative estimate of drug-likeness (QED) is 0.277. The summed E-state index contributed by atoms with van der Waals surface area (Å²) in [6.45, 7) is 2.88. The molecule has 1 amide bonds. The Balaban J connectivity index is 2.16. The Morgan fingerprint density at radius 1 is 1.22 bits per heavy atom. The minimum absolute atomic E-state index is 0.175. The van der Waals surface area contributed by atoms with Gasteiger partial charge in [0.2, 0.25) is 6.41 Å². The first-order valence-electron chi connectivity index (χ1n) is 7.88. The molecular formula is C18H25NO4. The van der Waals surface area contributed by atoms with Crippen molar-refractivity contribution in [2.75, 3.05) is 6.54 Å². The lowest BCUT2D eigenvalue weighted by Crippen LogP contribution is -2.23. The minimum atomic E-state index is -0.769. The highest BCUT2D eigenvalue weighted by atomic mass is 16.7. The van der Waals surface area contributed by atoms with Crippen LogP contribution < -0.4 is 0 Å². The van der Waals surface area contributed by atoms with Crippen LogP contribution in [0.3, 0.4) is 0 Å². The van der Waals surface area contributed by atoms with Crippen molar-refractivity contribution in [3.8, 4) is 0 Å². The zero-order chi connectivity index (χ0) is 16.9. The first kappa shape index (κ1) is 18.9. The summed E-state index contributed by atoms with van der Waals surface area (Å²) >= 11 is 0. The Morgan fingerprint density at radius 3 is 2.61 bits per heavy atom. The van der Waals surface area contributed by atoms with Gasteiger partial charge in [0.05, 0.1) is 0 Å². The van der Waals surface area contributed by atoms with E-state index < -0.39 is 5.97 Å². The topological polar surface area (TPSA) is 66.8 Å². The Kier molecular flexibility index (Phi) is 9.40. The largest absolute Gasteiger partial charge is 0.481 e. The molecule has 0 aliphatic rings. The van der Waals surface area contributed by atoms with Crippen LogP contribution in [0.5, 0.6) is 0 Å². The van der Waals surface area contributed by atoms with E-state index in [9.17, 15) is 9.59 Å². The van der Waals surface area contributed by atoms with Gasteiger partial charge >= 0.3 is 5.97 Å². The SMILES string of the molecule is CC(=CCCCCN(C=O)OCc1ccccc1)CCC(=O)O. The van der Waals surface area contributed by atoms with Crippen LogP contribution >= 0.6 is 0 Å². The fraction of sp³-hybridized carbons (Fsp3) is 0.444. The van der Waals surface area contributed by atoms with E-state index in [2.05, 4.69) is 6.08 Å². The molecule has 5 heteroatoms. The molecule has 0 aliphatic heterocycles. The lowest BCUT2D eigenvalue weighted by molar-refractivity contribution is -0.177. The number of hydrogen-bond acceptors (Lipinski definition) is 3. The van der Waals surface area contributed by atoms with Crippen molar-refractivity contribution in [3.63, 3.8) is 0 Å². The maximum atomic E-state index is 11.0. The van der Waals surface area contributed by atoms with E-state index in [0.717, 1.165) is 30.4 Å². The summed E-state index contributed by atoms with van der Waals surface area (Å²) in [7, 11) is 0. The molecule has 1 aromatic rings. The lowest BCUT2D eigenvalue weighted by Gasteiger charge is -2.16. The number of hydroxylamine groups is 2. The van der Waals surface area contributed by atoms with Crippen LogP contribution in [0.15, 0.2) is 42.0 Å². The maximum Gasteiger partial charge on any atom is 0.303 e. The highest BCUT2D eigenvalue weighted by molar-refractivity contribution is 5.66. The van der Waals surface area contributed by atoms with Crippen LogP contribution in [-0.4, -0.2) is 29.1 Å². The summed E-state index contributed by atoms with van der Waals surface area (Å²) in [6.07, 6.45) is 6.21. The number of rotatable bonds is 12. The standard InChI is InChI=1S/C18H25NO4/c1-16(11-12-18(21)22)8-4-3-7-13-19(15-20)23-14-17-9-5-2-6-10-17/h2,5-6,8-10,15H,3-4,7,11-14H2,1H3,(H,21,22). The van der Waals surface area contributed by atoms with Crippen LogP contribution in [0.1, 0.15) is 44.6 Å². The van der Waals surface area contributed by atoms with Crippen LogP contribution in [-0.2, 0) is 21.0 Å². The van der Waals surface area contributed by atoms with Crippen molar-refractivity contribution in [1.82, 2.24) is 5.06 Å². The van der Waals surface area contributed by atoms with Crippen molar-refractivity contribution < 1.29 is 19.5 Å². The van der Waals surface area contributed by atoms with E-state index in [-0.39, 0.29) is 6.42 Å². The Hall–Kier alpha value is -2.14. The second-order valence-corrected chi connectivity index (χ2v) is 5.45. The van der Waals surface area contributed by atoms with Gasteiger partial charge in [-0.3, -0.25) is 14.4 Å². The molecule has 0 aliphatic carbocycles. The average molecular weight is 319 g/mol. The van der Waals surface area contributed by atoms with Gasteiger partial charge in [0.1, 0.15) is 6.61 Å². The van der Waals surface area contributed by atoms with E-state index in [0.29, 0.717) is 26.0 Å². The summed E-state index contributed by atoms with van der Waals surface area (Å²) in [4.78, 5) is 26.9. The highest BCUT2D eigenvalue weighted by Gasteiger charge is 2.02. The van der Waals surface area contributed by atoms with E-state index in [1.165, 1.54) is 5.06 Å². The van der Waals surface area contributed by atoms with Gasteiger partial charge in [-0.1, -0.05) is 42.0 Å². The first-order valence-corrected chi connectivity index (χ1v) is 7.88. The summed E-state index contributed by atoms with van der Waals surface area (Å²) in [5, 5.41) is 9.94. The summed E-state index contributed by atoms with van der Waals surface area (Å²) < 4.78 is 0. The number of carbonyl (C=O) groups excluding carboxylic acids is 1. The first-order chi connectivity index (χ1) is 11.1. The van der Waals surface area contributed by atoms with E-state index in [4.69, 9.17) is 9.94 Å². The fourth-order valence-electron chi connectivity index (χ4n) is 2.05. The maximum absolute atomic E-state index is 11.0. The average Bonchev–Trinajstić information content (AvgIpc) is 2.56. The molecule has 0 fully saturated rings. The third-order valence-corrected chi connectivity index (χ3v) is 3.42. The van der Waals surface area contributed by atoms with Crippen molar-refractivity contribution in [1.29, 1.82) is 0 Å². The number of nitrogens with zero attached hydrogens (tertiary/aromatic N) is 1. The van der Waals surface area contributed by atoms with E-state index in [1.807, 2.05) is 37.3 Å². The van der Waals surface area contributed by atoms with Crippen LogP contribution in [0, 0.1) is 0 Å². The molecule has 23 heavy (non-hydrogen) atoms. The number of benzene rings is 1. The minimum Gasteiger partial charge on any atom is -0.481 e. The van der Waals surface area contributed by atoms with Crippen molar-refractivity contribution in [3.05, 3.63) is 47.5 Å². The number of carboxylic acid groups (broad SMARTS) is 1. The lowest BCUT2D eigenvalue weighted by atomic mass is 10.1. The molecule has 1 rings (SSSR count). The molecule has 0 saturated heterocycles. The molecule has 0 saturated carbocycles. The second kappa shape index (κ2) is 11.4. The van der Waals surface area contributed by atoms with Gasteiger partial charge in [0.25, 0.3) is 0 Å². The van der Waals surface area contributed by atoms with Crippen LogP contribution in [0.25, 0.3) is 0 Å². The van der Waals surface area contributed by atoms with Gasteiger partial charge in [-0.2, -0.15) is 0 Å². The third kappa shape index (κ3) is 9.47. The normalized spacial score (nSPS) is 11.3. The summed E-state index contributed by atoms with van der Waals surface area (Å²) in [5.41, 5.74) is 2.12. The third-order valence-electron chi connectivity index (χ3n) is 3.42. The zero-order valence-electron chi connectivity index (χ0n) is 13.6. The smallest absolute Gasteiger partial charge is 0.303 e. The molecule has 126 valence electrons. The van der Waals surface area contributed by atoms with Gasteiger partial charge in [-0.05, 0) is 38.2 Å². The predicted molar refractivity (Wildman–Crippen MR) is 88.5 cm³/mol. The summed E-state index contributed by atoms with van der Waals surface area (Å²) in [5.74, 6) is -0.769. The Morgan fingerprint density at radius 2 is 1.96 bits per heavy atom. The predicted octanol–water partition coefficient (Wildman–Crippen LogP) is 3.56. The number of carbonyl (C=O) groups is 2. The molecule has 0 bridgehead atoms. The molecular weight excluding hydrogens is 294 g/mol. The molecule has 5 nitrogen and oxygen atoms in total. The number of carboxylic acids is 1. The number of unbranched alkanes of at least 4 members (excludes halogenated alkanes) is 2. The monoisotopic (exact) mass is 319 g/mol. The van der Waals surface area contributed by atoms with E-state index >= 15 is 0 Å². The molecule has 0 aromatic heterocycles. The van der Waals surface area contributed by atoms with Gasteiger partial charge in [-0.25, -0.2) is 5.06 Å². The Bertz CT molecular complexity index is 499. The molecule has 0 spiro atoms. The highest BCUT2D eigenvalue weighted by Crippen LogP contribution is 2.08. The molecule has 0 atom stereocenters. The zero-order valence-corrected chi connectivity index (χ0v) is 13.6. The van der Waals surface area contributed by atoms with Gasteiger partial charge in [0.15, 0.2) is 0 Å². The molecule has 0 radical (unpaired) electrons. The van der Waals surface area contributed by atoms with Crippen molar-refractivity contribution >= 4 is 12.4 Å². The number of amides is 1. The fourth-order valence-corrected chi connectivity index (χ4v) is 2.05. The molecule has 0 heterocycles. The van der Waals surface area contributed by atoms with Crippen molar-refractivity contribution in [2.24, 2.45) is 0 Å². The Labute approximate surface area is 137 Å². The van der Waals surface area contributed by atoms with Gasteiger partial charge < -0.3 is 5.11 Å². The number of hydrogen-bond donors (Lipinski definition) is 1. The second-order valence-electron chi connectivity index (χ2n) is 5.45. The van der Waals surface area contributed by atoms with Crippen LogP contribution in [0.4, 0.5) is 0 Å². The van der Waals surface area contributed by atoms with Gasteiger partial charge in [0, 0.05) is 13.0 Å². The number of aliphatic carboxylic acids is 1. The van der Waals surface area contributed by atoms with Crippen LogP contribution in [0.2, 0.25) is 0 Å². The molecule has 1 N–H and O–H groups in total. The number of allylic oxidation sites excluding steroid dienone is 2.